The Hall–Kier alpha value is -2.21. The number of halogens is 1. The number of hydrogen-bond donors (Lipinski definition) is 1. The van der Waals surface area contributed by atoms with Gasteiger partial charge >= 0.3 is 6.09 Å². The number of anilines is 1. The lowest BCUT2D eigenvalue weighted by atomic mass is 9.91. The van der Waals surface area contributed by atoms with E-state index in [1.165, 1.54) is 0 Å². The largest absolute Gasteiger partial charge is 0.445 e. The standard InChI is InChI=1S/C18H22ClN3O3/c1-3-9-24-18(23)22-8-4-5-12(2)15(22)11-20-17-21-14-10-13(19)6-7-16(14)25-17/h3,6-7,10,12,15H,1,4-5,8-9,11H2,2H3,(H,20,21). The number of oxazole rings is 1. The highest BCUT2D eigenvalue weighted by Crippen LogP contribution is 2.26. The smallest absolute Gasteiger partial charge is 0.410 e. The summed E-state index contributed by atoms with van der Waals surface area (Å²) in [6.07, 6.45) is 3.31. The molecule has 2 aromatic rings. The highest BCUT2D eigenvalue weighted by atomic mass is 35.5. The average molecular weight is 364 g/mol. The summed E-state index contributed by atoms with van der Waals surface area (Å²) in [7, 11) is 0. The number of carbonyl (C=O) groups is 1. The van der Waals surface area contributed by atoms with Gasteiger partial charge in [0.2, 0.25) is 0 Å². The Labute approximate surface area is 151 Å². The van der Waals surface area contributed by atoms with Gasteiger partial charge in [-0.15, -0.1) is 0 Å². The molecule has 1 fully saturated rings. The van der Waals surface area contributed by atoms with E-state index >= 15 is 0 Å². The van der Waals surface area contributed by atoms with Crippen LogP contribution in [0.5, 0.6) is 0 Å². The molecule has 1 N–H and O–H groups in total. The van der Waals surface area contributed by atoms with Crippen LogP contribution in [0.1, 0.15) is 19.8 Å². The van der Waals surface area contributed by atoms with Crippen LogP contribution in [-0.2, 0) is 4.74 Å². The molecular weight excluding hydrogens is 342 g/mol. The fourth-order valence-corrected chi connectivity index (χ4v) is 3.33. The first kappa shape index (κ1) is 17.6. The molecule has 134 valence electrons. The predicted octanol–water partition coefficient (Wildman–Crippen LogP) is 4.32. The number of piperidine rings is 1. The first-order valence-electron chi connectivity index (χ1n) is 8.42. The maximum absolute atomic E-state index is 12.3. The van der Waals surface area contributed by atoms with Crippen LogP contribution in [0.25, 0.3) is 11.1 Å². The molecule has 1 aromatic carbocycles. The van der Waals surface area contributed by atoms with E-state index < -0.39 is 0 Å². The lowest BCUT2D eigenvalue weighted by molar-refractivity contribution is 0.0664. The van der Waals surface area contributed by atoms with Crippen molar-refractivity contribution in [3.8, 4) is 0 Å². The number of benzene rings is 1. The van der Waals surface area contributed by atoms with E-state index in [0.717, 1.165) is 12.8 Å². The van der Waals surface area contributed by atoms with Gasteiger partial charge in [0.1, 0.15) is 12.1 Å². The highest BCUT2D eigenvalue weighted by Gasteiger charge is 2.32. The highest BCUT2D eigenvalue weighted by molar-refractivity contribution is 6.31. The van der Waals surface area contributed by atoms with Gasteiger partial charge in [-0.1, -0.05) is 31.2 Å². The summed E-state index contributed by atoms with van der Waals surface area (Å²) in [5.74, 6) is 0.358. The maximum Gasteiger partial charge on any atom is 0.410 e. The molecule has 0 saturated carbocycles. The number of likely N-dealkylation sites (tertiary alicyclic amines) is 1. The van der Waals surface area contributed by atoms with Crippen LogP contribution in [0.3, 0.4) is 0 Å². The third kappa shape index (κ3) is 4.07. The van der Waals surface area contributed by atoms with Gasteiger partial charge in [0.05, 0.1) is 6.04 Å². The van der Waals surface area contributed by atoms with Crippen molar-refractivity contribution in [1.29, 1.82) is 0 Å². The number of fused-ring (bicyclic) bond motifs is 1. The van der Waals surface area contributed by atoms with Crippen LogP contribution in [0.4, 0.5) is 10.8 Å². The molecule has 6 nitrogen and oxygen atoms in total. The van der Waals surface area contributed by atoms with E-state index in [2.05, 4.69) is 23.8 Å². The zero-order valence-corrected chi connectivity index (χ0v) is 15.0. The molecule has 0 spiro atoms. The Morgan fingerprint density at radius 3 is 3.24 bits per heavy atom. The normalized spacial score (nSPS) is 20.5. The summed E-state index contributed by atoms with van der Waals surface area (Å²) in [6, 6.07) is 5.75. The van der Waals surface area contributed by atoms with E-state index in [1.807, 2.05) is 0 Å². The van der Waals surface area contributed by atoms with Gasteiger partial charge in [0.25, 0.3) is 6.01 Å². The molecular formula is C18H22ClN3O3. The van der Waals surface area contributed by atoms with Crippen molar-refractivity contribution >= 4 is 34.8 Å². The van der Waals surface area contributed by atoms with Crippen molar-refractivity contribution in [3.63, 3.8) is 0 Å². The summed E-state index contributed by atoms with van der Waals surface area (Å²) in [5.41, 5.74) is 1.37. The van der Waals surface area contributed by atoms with Crippen molar-refractivity contribution < 1.29 is 13.9 Å². The van der Waals surface area contributed by atoms with E-state index in [0.29, 0.717) is 41.1 Å². The van der Waals surface area contributed by atoms with Crippen molar-refractivity contribution in [1.82, 2.24) is 9.88 Å². The number of amides is 1. The Morgan fingerprint density at radius 1 is 1.60 bits per heavy atom. The van der Waals surface area contributed by atoms with E-state index in [-0.39, 0.29) is 18.7 Å². The fourth-order valence-electron chi connectivity index (χ4n) is 3.17. The number of nitrogens with one attached hydrogen (secondary N) is 1. The molecule has 25 heavy (non-hydrogen) atoms. The van der Waals surface area contributed by atoms with Crippen molar-refractivity contribution in [2.75, 3.05) is 25.0 Å². The molecule has 0 bridgehead atoms. The Bertz CT molecular complexity index is 761. The number of rotatable bonds is 5. The van der Waals surface area contributed by atoms with Crippen molar-refractivity contribution in [3.05, 3.63) is 35.9 Å². The van der Waals surface area contributed by atoms with Gasteiger partial charge in [0.15, 0.2) is 5.58 Å². The molecule has 1 saturated heterocycles. The first-order valence-corrected chi connectivity index (χ1v) is 8.80. The maximum atomic E-state index is 12.3. The molecule has 1 aliphatic rings. The summed E-state index contributed by atoms with van der Waals surface area (Å²) in [6.45, 7) is 7.18. The average Bonchev–Trinajstić information content (AvgIpc) is 3.00. The van der Waals surface area contributed by atoms with Gasteiger partial charge in [0, 0.05) is 18.1 Å². The van der Waals surface area contributed by atoms with Crippen LogP contribution in [-0.4, -0.2) is 41.7 Å². The van der Waals surface area contributed by atoms with Crippen LogP contribution in [0.2, 0.25) is 5.02 Å². The zero-order chi connectivity index (χ0) is 17.8. The SMILES string of the molecule is C=CCOC(=O)N1CCCC(C)C1CNc1nc2cc(Cl)ccc2o1. The molecule has 7 heteroatoms. The molecule has 0 aliphatic carbocycles. The van der Waals surface area contributed by atoms with E-state index in [1.54, 1.807) is 29.2 Å². The summed E-state index contributed by atoms with van der Waals surface area (Å²) in [4.78, 5) is 18.5. The van der Waals surface area contributed by atoms with Gasteiger partial charge < -0.3 is 19.4 Å². The second-order valence-electron chi connectivity index (χ2n) is 6.26. The molecule has 1 aromatic heterocycles. The van der Waals surface area contributed by atoms with Crippen LogP contribution in [0.15, 0.2) is 35.3 Å². The first-order chi connectivity index (χ1) is 12.1. The number of ether oxygens (including phenoxy) is 1. The van der Waals surface area contributed by atoms with Gasteiger partial charge in [-0.3, -0.25) is 0 Å². The van der Waals surface area contributed by atoms with Crippen molar-refractivity contribution in [2.24, 2.45) is 5.92 Å². The minimum atomic E-state index is -0.303. The molecule has 3 rings (SSSR count). The Kier molecular flexibility index (Phi) is 5.48. The zero-order valence-electron chi connectivity index (χ0n) is 14.2. The fraction of sp³-hybridized carbons (Fsp3) is 0.444. The third-order valence-electron chi connectivity index (χ3n) is 4.49. The molecule has 1 aliphatic heterocycles. The number of aromatic nitrogens is 1. The van der Waals surface area contributed by atoms with E-state index in [9.17, 15) is 4.79 Å². The molecule has 2 unspecified atom stereocenters. The lowest BCUT2D eigenvalue weighted by Crippen LogP contribution is -2.51. The summed E-state index contributed by atoms with van der Waals surface area (Å²) >= 11 is 5.97. The Morgan fingerprint density at radius 2 is 2.44 bits per heavy atom. The van der Waals surface area contributed by atoms with Crippen LogP contribution >= 0.6 is 11.6 Å². The molecule has 2 atom stereocenters. The number of hydrogen-bond acceptors (Lipinski definition) is 5. The quantitative estimate of drug-likeness (QED) is 0.801. The molecule has 1 amide bonds. The summed E-state index contributed by atoms with van der Waals surface area (Å²) < 4.78 is 10.9. The second kappa shape index (κ2) is 7.78. The molecule has 2 heterocycles. The summed E-state index contributed by atoms with van der Waals surface area (Å²) in [5, 5.41) is 3.82. The predicted molar refractivity (Wildman–Crippen MR) is 97.9 cm³/mol. The van der Waals surface area contributed by atoms with Gasteiger partial charge in [-0.2, -0.15) is 4.98 Å². The second-order valence-corrected chi connectivity index (χ2v) is 6.69. The monoisotopic (exact) mass is 363 g/mol. The number of carbonyl (C=O) groups excluding carboxylic acids is 1. The van der Waals surface area contributed by atoms with Gasteiger partial charge in [-0.05, 0) is 37.0 Å². The molecule has 0 radical (unpaired) electrons. The minimum Gasteiger partial charge on any atom is -0.445 e. The Balaban J connectivity index is 1.69. The van der Waals surface area contributed by atoms with Crippen LogP contribution in [0, 0.1) is 5.92 Å². The topological polar surface area (TPSA) is 67.6 Å². The van der Waals surface area contributed by atoms with Crippen molar-refractivity contribution in [2.45, 2.75) is 25.8 Å². The van der Waals surface area contributed by atoms with E-state index in [4.69, 9.17) is 20.8 Å². The number of nitrogens with zero attached hydrogens (tertiary/aromatic N) is 2. The minimum absolute atomic E-state index is 0.0182. The van der Waals surface area contributed by atoms with Crippen LogP contribution < -0.4 is 5.32 Å². The third-order valence-corrected chi connectivity index (χ3v) is 4.72. The lowest BCUT2D eigenvalue weighted by Gasteiger charge is -2.39. The van der Waals surface area contributed by atoms with Gasteiger partial charge in [-0.25, -0.2) is 4.79 Å².